The van der Waals surface area contributed by atoms with Gasteiger partial charge in [-0.1, -0.05) is 20.8 Å². The largest absolute Gasteiger partial charge is 0.393 e. The number of carbonyl (C=O) groups is 1. The summed E-state index contributed by atoms with van der Waals surface area (Å²) < 4.78 is 0. The molecule has 5 N–H and O–H groups in total. The fourth-order valence-corrected chi connectivity index (χ4v) is 8.96. The van der Waals surface area contributed by atoms with Gasteiger partial charge in [-0.2, -0.15) is 0 Å². The topological polar surface area (TPSA) is 110 Å². The normalized spacial score (nSPS) is 53.3. The van der Waals surface area contributed by atoms with Crippen LogP contribution < -0.4 is 5.32 Å². The van der Waals surface area contributed by atoms with Crippen LogP contribution in [0.15, 0.2) is 11.1 Å². The molecule has 3 saturated carbocycles. The van der Waals surface area contributed by atoms with Gasteiger partial charge in [0.25, 0.3) is 0 Å². The van der Waals surface area contributed by atoms with Crippen LogP contribution in [0.3, 0.4) is 0 Å². The molecule has 4 fully saturated rings. The molecule has 12 atom stereocenters. The molecule has 4 aliphatic carbocycles. The molecule has 0 aromatic heterocycles. The second-order valence-electron chi connectivity index (χ2n) is 12.6. The van der Waals surface area contributed by atoms with Crippen molar-refractivity contribution in [3.05, 3.63) is 11.1 Å². The van der Waals surface area contributed by atoms with Crippen LogP contribution in [0.4, 0.5) is 0 Å². The van der Waals surface area contributed by atoms with Gasteiger partial charge in [-0.25, -0.2) is 0 Å². The van der Waals surface area contributed by atoms with E-state index in [0.717, 1.165) is 37.0 Å². The maximum absolute atomic E-state index is 14.0. The van der Waals surface area contributed by atoms with Gasteiger partial charge in [-0.05, 0) is 93.1 Å². The number of aliphatic hydroxyl groups is 4. The maximum atomic E-state index is 14.0. The van der Waals surface area contributed by atoms with Crippen molar-refractivity contribution in [1.82, 2.24) is 5.32 Å². The summed E-state index contributed by atoms with van der Waals surface area (Å²) in [6.07, 6.45) is 3.30. The molecule has 0 aromatic rings. The smallest absolute Gasteiger partial charge is 0.163 e. The van der Waals surface area contributed by atoms with Gasteiger partial charge in [0, 0.05) is 23.5 Å². The van der Waals surface area contributed by atoms with Gasteiger partial charge in [-0.3, -0.25) is 4.79 Å². The minimum atomic E-state index is -1.12. The van der Waals surface area contributed by atoms with Gasteiger partial charge in [0.1, 0.15) is 0 Å². The lowest BCUT2D eigenvalue weighted by Gasteiger charge is -2.54. The van der Waals surface area contributed by atoms with Crippen LogP contribution in [0.25, 0.3) is 0 Å². The quantitative estimate of drug-likeness (QED) is 0.431. The van der Waals surface area contributed by atoms with Crippen molar-refractivity contribution in [3.63, 3.8) is 0 Å². The Labute approximate surface area is 197 Å². The number of hydrogen-bond donors (Lipinski definition) is 5. The van der Waals surface area contributed by atoms with Crippen LogP contribution in [0.2, 0.25) is 0 Å². The van der Waals surface area contributed by atoms with Crippen LogP contribution >= 0.6 is 0 Å². The summed E-state index contributed by atoms with van der Waals surface area (Å²) in [5.41, 5.74) is 0.188. The monoisotopic (exact) mass is 461 g/mol. The van der Waals surface area contributed by atoms with Crippen molar-refractivity contribution in [2.24, 2.45) is 40.9 Å². The molecular weight excluding hydrogens is 418 g/mol. The zero-order valence-electron chi connectivity index (χ0n) is 20.6. The number of carbonyl (C=O) groups excluding carboxylic acids is 1. The summed E-state index contributed by atoms with van der Waals surface area (Å²) in [7, 11) is 0. The number of aliphatic hydroxyl groups excluding tert-OH is 3. The van der Waals surface area contributed by atoms with E-state index in [9.17, 15) is 25.2 Å². The lowest BCUT2D eigenvalue weighted by molar-refractivity contribution is -0.148. The predicted molar refractivity (Wildman–Crippen MR) is 125 cm³/mol. The molecule has 0 bridgehead atoms. The minimum Gasteiger partial charge on any atom is -0.393 e. The van der Waals surface area contributed by atoms with E-state index in [4.69, 9.17) is 0 Å². The Hall–Kier alpha value is -0.790. The van der Waals surface area contributed by atoms with E-state index in [-0.39, 0.29) is 46.8 Å². The van der Waals surface area contributed by atoms with Crippen LogP contribution in [0.5, 0.6) is 0 Å². The summed E-state index contributed by atoms with van der Waals surface area (Å²) >= 11 is 0. The number of piperidine rings is 1. The van der Waals surface area contributed by atoms with Crippen molar-refractivity contribution >= 4 is 5.78 Å². The second-order valence-corrected chi connectivity index (χ2v) is 12.6. The molecule has 6 heteroatoms. The summed E-state index contributed by atoms with van der Waals surface area (Å²) in [4.78, 5) is 14.0. The molecule has 1 unspecified atom stereocenters. The average Bonchev–Trinajstić information content (AvgIpc) is 3.04. The van der Waals surface area contributed by atoms with Crippen LogP contribution in [-0.2, 0) is 4.79 Å². The summed E-state index contributed by atoms with van der Waals surface area (Å²) in [5.74, 6) is 0.407. The number of ketones is 1. The molecule has 1 heterocycles. The van der Waals surface area contributed by atoms with Crippen LogP contribution in [-0.4, -0.2) is 62.7 Å². The molecule has 186 valence electrons. The minimum absolute atomic E-state index is 0.0473. The Morgan fingerprint density at radius 1 is 1.06 bits per heavy atom. The molecule has 6 nitrogen and oxygen atoms in total. The van der Waals surface area contributed by atoms with E-state index in [1.54, 1.807) is 0 Å². The van der Waals surface area contributed by atoms with Gasteiger partial charge in [0.05, 0.1) is 23.9 Å². The summed E-state index contributed by atoms with van der Waals surface area (Å²) in [5, 5.41) is 47.5. The number of fused-ring (bicyclic) bond motifs is 5. The number of rotatable bonds is 2. The summed E-state index contributed by atoms with van der Waals surface area (Å²) in [6, 6.07) is -0.194. The van der Waals surface area contributed by atoms with Crippen molar-refractivity contribution in [1.29, 1.82) is 0 Å². The Bertz CT molecular complexity index is 842. The van der Waals surface area contributed by atoms with Gasteiger partial charge < -0.3 is 25.7 Å². The number of nitrogens with one attached hydrogen (secondary N) is 1. The molecule has 1 saturated heterocycles. The van der Waals surface area contributed by atoms with Gasteiger partial charge in [0.2, 0.25) is 0 Å². The molecule has 0 spiro atoms. The highest BCUT2D eigenvalue weighted by Gasteiger charge is 2.64. The Morgan fingerprint density at radius 3 is 2.48 bits per heavy atom. The molecule has 5 aliphatic rings. The first-order valence-electron chi connectivity index (χ1n) is 13.2. The summed E-state index contributed by atoms with van der Waals surface area (Å²) in [6.45, 7) is 9.05. The fourth-order valence-electron chi connectivity index (χ4n) is 8.96. The zero-order valence-corrected chi connectivity index (χ0v) is 20.6. The highest BCUT2D eigenvalue weighted by Crippen LogP contribution is 2.64. The van der Waals surface area contributed by atoms with Gasteiger partial charge in [0.15, 0.2) is 5.78 Å². The molecular formula is C27H43NO5. The van der Waals surface area contributed by atoms with Crippen molar-refractivity contribution in [3.8, 4) is 0 Å². The Balaban J connectivity index is 1.49. The highest BCUT2D eigenvalue weighted by molar-refractivity contribution is 6.02. The number of allylic oxidation sites excluding steroid dienone is 1. The van der Waals surface area contributed by atoms with Gasteiger partial charge >= 0.3 is 0 Å². The third kappa shape index (κ3) is 3.42. The Kier molecular flexibility index (Phi) is 5.89. The van der Waals surface area contributed by atoms with Crippen molar-refractivity contribution in [2.75, 3.05) is 6.54 Å². The van der Waals surface area contributed by atoms with Crippen LogP contribution in [0.1, 0.15) is 72.6 Å². The molecule has 0 amide bonds. The van der Waals surface area contributed by atoms with Crippen LogP contribution in [0, 0.1) is 40.9 Å². The van der Waals surface area contributed by atoms with E-state index in [1.807, 2.05) is 13.8 Å². The Morgan fingerprint density at radius 2 is 1.79 bits per heavy atom. The van der Waals surface area contributed by atoms with E-state index < -0.39 is 23.9 Å². The van der Waals surface area contributed by atoms with E-state index in [2.05, 4.69) is 19.2 Å². The molecule has 33 heavy (non-hydrogen) atoms. The molecule has 1 aliphatic heterocycles. The molecule has 5 rings (SSSR count). The average molecular weight is 462 g/mol. The lowest BCUT2D eigenvalue weighted by atomic mass is 9.51. The molecule has 0 radical (unpaired) electrons. The van der Waals surface area contributed by atoms with E-state index in [1.165, 1.54) is 0 Å². The lowest BCUT2D eigenvalue weighted by Crippen LogP contribution is -2.58. The standard InChI is InChI=1S/C27H43NO5/c1-13-9-21(31)24(28-12-13)15(3)27(33)8-6-17-18-11-20(30)19-10-16(29)5-7-26(19,4)23(18)25(32)22(17)14(27)2/h13,15-21,23-24,28-31,33H,5-12H2,1-4H3/t13-,15+,16-,17-,18-,19?,20-,21+,23+,24-,26-,27-/m0/s1. The van der Waals surface area contributed by atoms with E-state index >= 15 is 0 Å². The van der Waals surface area contributed by atoms with Crippen molar-refractivity contribution < 1.29 is 25.2 Å². The third-order valence-corrected chi connectivity index (χ3v) is 10.9. The van der Waals surface area contributed by atoms with E-state index in [0.29, 0.717) is 31.6 Å². The van der Waals surface area contributed by atoms with Gasteiger partial charge in [-0.15, -0.1) is 0 Å². The first kappa shape index (κ1) is 23.9. The fraction of sp³-hybridized carbons (Fsp3) is 0.889. The number of hydrogen-bond acceptors (Lipinski definition) is 6. The first-order valence-corrected chi connectivity index (χ1v) is 13.2. The first-order chi connectivity index (χ1) is 15.5. The number of Topliss-reactive ketones (excluding diaryl/α,β-unsaturated/α-hetero) is 1. The molecule has 0 aromatic carbocycles. The predicted octanol–water partition coefficient (Wildman–Crippen LogP) is 2.19. The highest BCUT2D eigenvalue weighted by atomic mass is 16.3. The second kappa shape index (κ2) is 8.12. The third-order valence-electron chi connectivity index (χ3n) is 10.9. The maximum Gasteiger partial charge on any atom is 0.163 e. The SMILES string of the molecule is CC1=C2C(=O)[C@H]3[C@@H](C[C@H](O)C4C[C@@H](O)CC[C@@]43C)[C@@H]2CC[C@@]1(O)[C@H](C)[C@@H]1NC[C@@H](C)C[C@H]1O. The van der Waals surface area contributed by atoms with Crippen molar-refractivity contribution in [2.45, 2.75) is 103 Å². The zero-order chi connectivity index (χ0) is 23.9.